The van der Waals surface area contributed by atoms with Crippen LogP contribution in [0.5, 0.6) is 11.5 Å². The highest BCUT2D eigenvalue weighted by atomic mass is 35.5. The van der Waals surface area contributed by atoms with E-state index in [1.807, 2.05) is 18.2 Å². The van der Waals surface area contributed by atoms with Crippen molar-refractivity contribution in [2.24, 2.45) is 0 Å². The smallest absolute Gasteiger partial charge is 0.161 e. The molecule has 1 aromatic heterocycles. The van der Waals surface area contributed by atoms with E-state index >= 15 is 0 Å². The molecule has 0 spiro atoms. The number of fused-ring (bicyclic) bond motifs is 1. The van der Waals surface area contributed by atoms with Gasteiger partial charge < -0.3 is 14.6 Å². The lowest BCUT2D eigenvalue weighted by Crippen LogP contribution is -2.03. The lowest BCUT2D eigenvalue weighted by Gasteiger charge is -2.15. The molecule has 3 rings (SSSR count). The highest BCUT2D eigenvalue weighted by molar-refractivity contribution is 6.30. The number of hydrogen-bond acceptors (Lipinski definition) is 4. The molecular formula is C18H16ClNO3. The van der Waals surface area contributed by atoms with E-state index in [-0.39, 0.29) is 0 Å². The molecule has 0 amide bonds. The fraction of sp³-hybridized carbons (Fsp3) is 0.167. The number of methoxy groups -OCH3 is 2. The fourth-order valence-corrected chi connectivity index (χ4v) is 2.67. The van der Waals surface area contributed by atoms with Crippen LogP contribution in [0.15, 0.2) is 48.7 Å². The molecule has 0 bridgehead atoms. The van der Waals surface area contributed by atoms with Gasteiger partial charge in [0.05, 0.1) is 19.9 Å². The van der Waals surface area contributed by atoms with Crippen molar-refractivity contribution in [1.82, 2.24) is 4.98 Å². The molecule has 0 aliphatic heterocycles. The van der Waals surface area contributed by atoms with Crippen LogP contribution in [0.4, 0.5) is 0 Å². The highest BCUT2D eigenvalue weighted by Crippen LogP contribution is 2.35. The number of hydrogen-bond donors (Lipinski definition) is 1. The van der Waals surface area contributed by atoms with E-state index < -0.39 is 6.10 Å². The molecule has 4 nitrogen and oxygen atoms in total. The van der Waals surface area contributed by atoms with Gasteiger partial charge in [0.15, 0.2) is 11.5 Å². The van der Waals surface area contributed by atoms with Crippen molar-refractivity contribution >= 4 is 22.4 Å². The molecule has 23 heavy (non-hydrogen) atoms. The molecule has 2 aromatic carbocycles. The summed E-state index contributed by atoms with van der Waals surface area (Å²) in [5.41, 5.74) is 1.29. The van der Waals surface area contributed by atoms with Crippen LogP contribution < -0.4 is 9.47 Å². The predicted octanol–water partition coefficient (Wildman–Crippen LogP) is 3.99. The van der Waals surface area contributed by atoms with Gasteiger partial charge in [0.2, 0.25) is 0 Å². The Hall–Kier alpha value is -2.30. The zero-order valence-corrected chi connectivity index (χ0v) is 13.5. The van der Waals surface area contributed by atoms with Gasteiger partial charge >= 0.3 is 0 Å². The van der Waals surface area contributed by atoms with Crippen LogP contribution in [-0.4, -0.2) is 24.3 Å². The summed E-state index contributed by atoms with van der Waals surface area (Å²) in [4.78, 5) is 4.36. The zero-order valence-electron chi connectivity index (χ0n) is 12.8. The summed E-state index contributed by atoms with van der Waals surface area (Å²) in [7, 11) is 3.17. The third-order valence-corrected chi connectivity index (χ3v) is 4.00. The Morgan fingerprint density at radius 2 is 1.65 bits per heavy atom. The number of ether oxygens (including phenoxy) is 2. The van der Waals surface area contributed by atoms with Gasteiger partial charge in [-0.05, 0) is 41.3 Å². The monoisotopic (exact) mass is 329 g/mol. The van der Waals surface area contributed by atoms with Crippen LogP contribution >= 0.6 is 11.6 Å². The summed E-state index contributed by atoms with van der Waals surface area (Å²) in [6, 6.07) is 12.6. The number of nitrogens with zero attached hydrogens (tertiary/aromatic N) is 1. The van der Waals surface area contributed by atoms with Crippen molar-refractivity contribution in [3.8, 4) is 11.5 Å². The molecule has 1 atom stereocenters. The normalized spacial score (nSPS) is 12.2. The molecule has 0 aliphatic rings. The molecule has 0 saturated heterocycles. The molecule has 3 aromatic rings. The van der Waals surface area contributed by atoms with Crippen LogP contribution in [0.1, 0.15) is 17.4 Å². The summed E-state index contributed by atoms with van der Waals surface area (Å²) in [6.07, 6.45) is 0.817. The maximum atomic E-state index is 10.7. The van der Waals surface area contributed by atoms with E-state index in [1.54, 1.807) is 44.7 Å². The number of aliphatic hydroxyl groups is 1. The molecular weight excluding hydrogens is 314 g/mol. The first-order chi connectivity index (χ1) is 11.1. The summed E-state index contributed by atoms with van der Waals surface area (Å²) >= 11 is 5.90. The van der Waals surface area contributed by atoms with Gasteiger partial charge in [-0.15, -0.1) is 0 Å². The minimum Gasteiger partial charge on any atom is -0.493 e. The summed E-state index contributed by atoms with van der Waals surface area (Å²) in [6.45, 7) is 0. The Bertz CT molecular complexity index is 834. The first kappa shape index (κ1) is 15.6. The SMILES string of the molecule is COc1cc2ccnc([C@@H](O)c3ccc(Cl)cc3)c2cc1OC. The molecule has 5 heteroatoms. The topological polar surface area (TPSA) is 51.6 Å². The van der Waals surface area contributed by atoms with Gasteiger partial charge in [-0.2, -0.15) is 0 Å². The Morgan fingerprint density at radius 3 is 2.30 bits per heavy atom. The van der Waals surface area contributed by atoms with Crippen molar-refractivity contribution < 1.29 is 14.6 Å². The summed E-state index contributed by atoms with van der Waals surface area (Å²) < 4.78 is 10.7. The third kappa shape index (κ3) is 2.96. The number of aliphatic hydroxyl groups excluding tert-OH is 1. The summed E-state index contributed by atoms with van der Waals surface area (Å²) in [5, 5.41) is 13.0. The van der Waals surface area contributed by atoms with Crippen LogP contribution in [0, 0.1) is 0 Å². The van der Waals surface area contributed by atoms with Crippen LogP contribution in [0.2, 0.25) is 5.02 Å². The van der Waals surface area contributed by atoms with Gasteiger partial charge in [-0.1, -0.05) is 23.7 Å². The van der Waals surface area contributed by atoms with Crippen molar-refractivity contribution in [2.75, 3.05) is 14.2 Å². The van der Waals surface area contributed by atoms with Crippen molar-refractivity contribution in [3.05, 3.63) is 64.9 Å². The molecule has 0 fully saturated rings. The fourth-order valence-electron chi connectivity index (χ4n) is 2.54. The van der Waals surface area contributed by atoms with E-state index in [4.69, 9.17) is 21.1 Å². The Labute approximate surface area is 139 Å². The van der Waals surface area contributed by atoms with Gasteiger partial charge in [0, 0.05) is 16.6 Å². The lowest BCUT2D eigenvalue weighted by molar-refractivity contribution is 0.217. The standard InChI is InChI=1S/C18H16ClNO3/c1-22-15-9-12-7-8-20-17(14(12)10-16(15)23-2)18(21)11-3-5-13(19)6-4-11/h3-10,18,21H,1-2H3/t18-/m0/s1. The molecule has 0 radical (unpaired) electrons. The number of halogens is 1. The van der Waals surface area contributed by atoms with Crippen LogP contribution in [0.3, 0.4) is 0 Å². The highest BCUT2D eigenvalue weighted by Gasteiger charge is 2.17. The minimum absolute atomic E-state index is 0.561. The summed E-state index contributed by atoms with van der Waals surface area (Å²) in [5.74, 6) is 1.23. The van der Waals surface area contributed by atoms with E-state index in [0.29, 0.717) is 22.2 Å². The molecule has 1 heterocycles. The second-order valence-electron chi connectivity index (χ2n) is 5.08. The van der Waals surface area contributed by atoms with E-state index in [0.717, 1.165) is 16.3 Å². The van der Waals surface area contributed by atoms with Crippen molar-refractivity contribution in [3.63, 3.8) is 0 Å². The predicted molar refractivity (Wildman–Crippen MR) is 90.4 cm³/mol. The second-order valence-corrected chi connectivity index (χ2v) is 5.52. The third-order valence-electron chi connectivity index (χ3n) is 3.74. The number of pyridine rings is 1. The van der Waals surface area contributed by atoms with E-state index in [9.17, 15) is 5.11 Å². The zero-order chi connectivity index (χ0) is 16.4. The van der Waals surface area contributed by atoms with Crippen LogP contribution in [-0.2, 0) is 0 Å². The van der Waals surface area contributed by atoms with Gasteiger partial charge in [-0.3, -0.25) is 4.98 Å². The Kier molecular flexibility index (Phi) is 4.37. The number of benzene rings is 2. The number of aromatic nitrogens is 1. The maximum Gasteiger partial charge on any atom is 0.161 e. The van der Waals surface area contributed by atoms with Gasteiger partial charge in [0.25, 0.3) is 0 Å². The quantitative estimate of drug-likeness (QED) is 0.786. The second kappa shape index (κ2) is 6.44. The van der Waals surface area contributed by atoms with E-state index in [1.165, 1.54) is 0 Å². The van der Waals surface area contributed by atoms with E-state index in [2.05, 4.69) is 4.98 Å². The largest absolute Gasteiger partial charge is 0.493 e. The molecule has 118 valence electrons. The molecule has 1 N–H and O–H groups in total. The van der Waals surface area contributed by atoms with Crippen molar-refractivity contribution in [2.45, 2.75) is 6.10 Å². The average Bonchev–Trinajstić information content (AvgIpc) is 2.60. The van der Waals surface area contributed by atoms with Crippen LogP contribution in [0.25, 0.3) is 10.8 Å². The molecule has 0 saturated carbocycles. The van der Waals surface area contributed by atoms with Gasteiger partial charge in [0.1, 0.15) is 6.10 Å². The van der Waals surface area contributed by atoms with Gasteiger partial charge in [-0.25, -0.2) is 0 Å². The Balaban J connectivity index is 2.15. The van der Waals surface area contributed by atoms with Crippen molar-refractivity contribution in [1.29, 1.82) is 0 Å². The first-order valence-electron chi connectivity index (χ1n) is 7.08. The Morgan fingerprint density at radius 1 is 1.00 bits per heavy atom. The number of rotatable bonds is 4. The molecule has 0 unspecified atom stereocenters. The molecule has 0 aliphatic carbocycles. The average molecular weight is 330 g/mol. The minimum atomic E-state index is -0.853. The first-order valence-corrected chi connectivity index (χ1v) is 7.46. The maximum absolute atomic E-state index is 10.7. The lowest BCUT2D eigenvalue weighted by atomic mass is 10.0.